The van der Waals surface area contributed by atoms with Crippen LogP contribution in [-0.2, 0) is 0 Å². The van der Waals surface area contributed by atoms with Crippen LogP contribution in [0.3, 0.4) is 0 Å². The lowest BCUT2D eigenvalue weighted by Crippen LogP contribution is -2.19. The Labute approximate surface area is 132 Å². The number of rotatable bonds is 4. The van der Waals surface area contributed by atoms with Crippen molar-refractivity contribution in [3.8, 4) is 17.4 Å². The number of ether oxygens (including phenoxy) is 2. The summed E-state index contributed by atoms with van der Waals surface area (Å²) in [6.07, 6.45) is -3.42. The second-order valence-corrected chi connectivity index (χ2v) is 4.85. The SMILES string of the molecule is Fc1ccc(Cl)c(Oc2cnc(OCC(F)(F)F)c(Cl)c2)c1. The minimum atomic E-state index is -4.50. The van der Waals surface area contributed by atoms with Crippen molar-refractivity contribution in [3.05, 3.63) is 46.3 Å². The van der Waals surface area contributed by atoms with Crippen LogP contribution in [0.1, 0.15) is 0 Å². The number of aromatic nitrogens is 1. The normalized spacial score (nSPS) is 11.4. The van der Waals surface area contributed by atoms with E-state index in [1.165, 1.54) is 12.1 Å². The standard InChI is InChI=1S/C13H7Cl2F4NO2/c14-9-2-1-7(16)3-11(9)22-8-4-10(15)12(20-5-8)21-6-13(17,18)19/h1-5H,6H2. The molecule has 0 aliphatic heterocycles. The molecular weight excluding hydrogens is 349 g/mol. The van der Waals surface area contributed by atoms with Crippen LogP contribution in [0.5, 0.6) is 17.4 Å². The molecule has 1 aromatic carbocycles. The Hall–Kier alpha value is -1.73. The number of nitrogens with zero attached hydrogens (tertiary/aromatic N) is 1. The molecule has 0 spiro atoms. The lowest BCUT2D eigenvalue weighted by atomic mass is 10.3. The van der Waals surface area contributed by atoms with Crippen molar-refractivity contribution in [3.63, 3.8) is 0 Å². The van der Waals surface area contributed by atoms with Gasteiger partial charge in [-0.15, -0.1) is 0 Å². The van der Waals surface area contributed by atoms with Gasteiger partial charge in [-0.1, -0.05) is 23.2 Å². The van der Waals surface area contributed by atoms with E-state index in [0.717, 1.165) is 18.3 Å². The number of benzene rings is 1. The molecule has 0 aliphatic carbocycles. The van der Waals surface area contributed by atoms with Gasteiger partial charge in [0.05, 0.1) is 11.2 Å². The van der Waals surface area contributed by atoms with Gasteiger partial charge in [0, 0.05) is 12.1 Å². The highest BCUT2D eigenvalue weighted by Crippen LogP contribution is 2.33. The molecule has 0 radical (unpaired) electrons. The van der Waals surface area contributed by atoms with Gasteiger partial charge in [0.25, 0.3) is 0 Å². The Morgan fingerprint density at radius 3 is 2.45 bits per heavy atom. The Balaban J connectivity index is 2.14. The van der Waals surface area contributed by atoms with Crippen molar-refractivity contribution in [1.29, 1.82) is 0 Å². The van der Waals surface area contributed by atoms with Crippen LogP contribution in [-0.4, -0.2) is 17.8 Å². The van der Waals surface area contributed by atoms with Crippen molar-refractivity contribution in [1.82, 2.24) is 4.98 Å². The monoisotopic (exact) mass is 355 g/mol. The van der Waals surface area contributed by atoms with Crippen LogP contribution in [0.25, 0.3) is 0 Å². The van der Waals surface area contributed by atoms with Crippen LogP contribution in [0.4, 0.5) is 17.6 Å². The molecule has 22 heavy (non-hydrogen) atoms. The van der Waals surface area contributed by atoms with Crippen molar-refractivity contribution in [2.75, 3.05) is 6.61 Å². The summed E-state index contributed by atoms with van der Waals surface area (Å²) in [6, 6.07) is 4.67. The summed E-state index contributed by atoms with van der Waals surface area (Å²) in [6.45, 7) is -1.52. The number of hydrogen-bond acceptors (Lipinski definition) is 3. The van der Waals surface area contributed by atoms with E-state index < -0.39 is 24.5 Å². The zero-order valence-electron chi connectivity index (χ0n) is 10.6. The maximum Gasteiger partial charge on any atom is 0.422 e. The zero-order valence-corrected chi connectivity index (χ0v) is 12.1. The maximum atomic E-state index is 13.1. The fourth-order valence-electron chi connectivity index (χ4n) is 1.40. The first-order valence-electron chi connectivity index (χ1n) is 5.72. The first-order chi connectivity index (χ1) is 10.2. The predicted molar refractivity (Wildman–Crippen MR) is 72.3 cm³/mol. The molecule has 0 aliphatic rings. The topological polar surface area (TPSA) is 31.4 Å². The minimum absolute atomic E-state index is 0.0171. The molecule has 2 aromatic rings. The van der Waals surface area contributed by atoms with Crippen LogP contribution < -0.4 is 9.47 Å². The molecule has 0 bridgehead atoms. The van der Waals surface area contributed by atoms with E-state index in [2.05, 4.69) is 9.72 Å². The van der Waals surface area contributed by atoms with Gasteiger partial charge in [-0.05, 0) is 12.1 Å². The van der Waals surface area contributed by atoms with Gasteiger partial charge >= 0.3 is 6.18 Å². The summed E-state index contributed by atoms with van der Waals surface area (Å²) in [5.41, 5.74) is 0. The van der Waals surface area contributed by atoms with E-state index in [-0.39, 0.29) is 21.5 Å². The molecule has 118 valence electrons. The summed E-state index contributed by atoms with van der Waals surface area (Å²) in [5, 5.41) is -0.0378. The van der Waals surface area contributed by atoms with Gasteiger partial charge < -0.3 is 9.47 Å². The van der Waals surface area contributed by atoms with Gasteiger partial charge in [-0.25, -0.2) is 9.37 Å². The predicted octanol–water partition coefficient (Wildman–Crippen LogP) is 5.26. The van der Waals surface area contributed by atoms with Gasteiger partial charge in [-0.3, -0.25) is 0 Å². The van der Waals surface area contributed by atoms with E-state index in [1.807, 2.05) is 0 Å². The summed E-state index contributed by atoms with van der Waals surface area (Å²) < 4.78 is 59.0. The summed E-state index contributed by atoms with van der Waals surface area (Å²) >= 11 is 11.6. The van der Waals surface area contributed by atoms with Crippen LogP contribution in [0.15, 0.2) is 30.5 Å². The Bertz CT molecular complexity index is 680. The lowest BCUT2D eigenvalue weighted by Gasteiger charge is -2.11. The summed E-state index contributed by atoms with van der Waals surface area (Å²) in [7, 11) is 0. The Morgan fingerprint density at radius 2 is 1.82 bits per heavy atom. The number of pyridine rings is 1. The first kappa shape index (κ1) is 16.6. The molecule has 0 unspecified atom stereocenters. The highest BCUT2D eigenvalue weighted by molar-refractivity contribution is 6.32. The molecular formula is C13H7Cl2F4NO2. The third-order valence-corrected chi connectivity index (χ3v) is 2.86. The quantitative estimate of drug-likeness (QED) is 0.701. The summed E-state index contributed by atoms with van der Waals surface area (Å²) in [4.78, 5) is 3.61. The van der Waals surface area contributed by atoms with Crippen molar-refractivity contribution < 1.29 is 27.0 Å². The molecule has 0 atom stereocenters. The van der Waals surface area contributed by atoms with E-state index in [9.17, 15) is 17.6 Å². The smallest absolute Gasteiger partial charge is 0.422 e. The van der Waals surface area contributed by atoms with Crippen molar-refractivity contribution in [2.45, 2.75) is 6.18 Å². The molecule has 1 aromatic heterocycles. The van der Waals surface area contributed by atoms with Crippen molar-refractivity contribution >= 4 is 23.2 Å². The fraction of sp³-hybridized carbons (Fsp3) is 0.154. The average Bonchev–Trinajstić information content (AvgIpc) is 2.41. The van der Waals surface area contributed by atoms with E-state index in [4.69, 9.17) is 27.9 Å². The third kappa shape index (κ3) is 4.64. The molecule has 3 nitrogen and oxygen atoms in total. The van der Waals surface area contributed by atoms with E-state index in [1.54, 1.807) is 0 Å². The number of hydrogen-bond donors (Lipinski definition) is 0. The second-order valence-electron chi connectivity index (χ2n) is 4.04. The lowest BCUT2D eigenvalue weighted by molar-refractivity contribution is -0.154. The number of halogens is 6. The van der Waals surface area contributed by atoms with Crippen LogP contribution in [0, 0.1) is 5.82 Å². The van der Waals surface area contributed by atoms with Crippen LogP contribution >= 0.6 is 23.2 Å². The van der Waals surface area contributed by atoms with Gasteiger partial charge in [0.1, 0.15) is 22.3 Å². The molecule has 0 amide bonds. The minimum Gasteiger partial charge on any atom is -0.467 e. The van der Waals surface area contributed by atoms with Gasteiger partial charge in [0.2, 0.25) is 5.88 Å². The molecule has 0 fully saturated rings. The zero-order chi connectivity index (χ0) is 16.3. The van der Waals surface area contributed by atoms with Gasteiger partial charge in [-0.2, -0.15) is 13.2 Å². The fourth-order valence-corrected chi connectivity index (χ4v) is 1.77. The Morgan fingerprint density at radius 1 is 1.09 bits per heavy atom. The molecule has 0 saturated carbocycles. The van der Waals surface area contributed by atoms with Crippen molar-refractivity contribution in [2.24, 2.45) is 0 Å². The molecule has 0 saturated heterocycles. The Kier molecular flexibility index (Phi) is 4.97. The van der Waals surface area contributed by atoms with Crippen LogP contribution in [0.2, 0.25) is 10.0 Å². The second kappa shape index (κ2) is 6.58. The van der Waals surface area contributed by atoms with Gasteiger partial charge in [0.15, 0.2) is 6.61 Å². The van der Waals surface area contributed by atoms with E-state index in [0.29, 0.717) is 0 Å². The highest BCUT2D eigenvalue weighted by atomic mass is 35.5. The molecule has 9 heteroatoms. The first-order valence-corrected chi connectivity index (χ1v) is 6.48. The largest absolute Gasteiger partial charge is 0.467 e. The number of alkyl halides is 3. The third-order valence-electron chi connectivity index (χ3n) is 2.28. The highest BCUT2D eigenvalue weighted by Gasteiger charge is 2.29. The molecule has 2 rings (SSSR count). The average molecular weight is 356 g/mol. The summed E-state index contributed by atoms with van der Waals surface area (Å²) in [5.74, 6) is -0.874. The van der Waals surface area contributed by atoms with E-state index >= 15 is 0 Å². The maximum absolute atomic E-state index is 13.1. The molecule has 0 N–H and O–H groups in total. The molecule has 1 heterocycles.